The highest BCUT2D eigenvalue weighted by Crippen LogP contribution is 2.00. The predicted octanol–water partition coefficient (Wildman–Crippen LogP) is -2.63. The first-order valence-corrected chi connectivity index (χ1v) is 2.89. The summed E-state index contributed by atoms with van der Waals surface area (Å²) in [4.78, 5) is 17.0. The molecule has 1 atom stereocenters. The molecule has 1 unspecified atom stereocenters. The van der Waals surface area contributed by atoms with E-state index in [4.69, 9.17) is 17.2 Å². The van der Waals surface area contributed by atoms with Gasteiger partial charge in [-0.25, -0.2) is 15.1 Å². The number of rotatable bonds is 1. The summed E-state index contributed by atoms with van der Waals surface area (Å²) in [5.74, 6) is -0.543. The maximum Gasteiger partial charge on any atom is 0.267 e. The fourth-order valence-electron chi connectivity index (χ4n) is 0.703. The van der Waals surface area contributed by atoms with Gasteiger partial charge in [-0.05, 0) is 5.01 Å². The summed E-state index contributed by atoms with van der Waals surface area (Å²) in [5, 5.41) is 9.87. The summed E-state index contributed by atoms with van der Waals surface area (Å²) in [7, 11) is 0. The van der Waals surface area contributed by atoms with E-state index >= 15 is 0 Å². The summed E-state index contributed by atoms with van der Waals surface area (Å²) in [6.07, 6.45) is -1.21. The molecule has 0 radical (unpaired) electrons. The van der Waals surface area contributed by atoms with Gasteiger partial charge in [-0.2, -0.15) is 4.99 Å². The average Bonchev–Trinajstić information content (AvgIpc) is 1.82. The Kier molecular flexibility index (Phi) is 1.79. The smallest absolute Gasteiger partial charge is 0.267 e. The van der Waals surface area contributed by atoms with Crippen LogP contribution in [-0.2, 0) is 0 Å². The van der Waals surface area contributed by atoms with Crippen LogP contribution in [0.4, 0.5) is 0 Å². The summed E-state index contributed by atoms with van der Waals surface area (Å²) < 4.78 is 0. The summed E-state index contributed by atoms with van der Waals surface area (Å²) >= 11 is 0. The lowest BCUT2D eigenvalue weighted by Crippen LogP contribution is -2.54. The van der Waals surface area contributed by atoms with E-state index in [2.05, 4.69) is 9.98 Å². The van der Waals surface area contributed by atoms with Crippen LogP contribution in [0, 0.1) is 10.1 Å². The summed E-state index contributed by atoms with van der Waals surface area (Å²) in [6, 6.07) is 0. The first-order valence-electron chi connectivity index (χ1n) is 2.89. The van der Waals surface area contributed by atoms with Crippen LogP contribution < -0.4 is 17.2 Å². The van der Waals surface area contributed by atoms with Gasteiger partial charge in [0, 0.05) is 0 Å². The molecule has 12 heavy (non-hydrogen) atoms. The number of nitrogens with two attached hydrogens (primary N) is 3. The minimum absolute atomic E-state index is 0.168. The molecular formula is C3H7N7O2. The third kappa shape index (κ3) is 1.25. The van der Waals surface area contributed by atoms with Gasteiger partial charge in [-0.3, -0.25) is 5.73 Å². The lowest BCUT2D eigenvalue weighted by atomic mass is 10.7. The van der Waals surface area contributed by atoms with Crippen LogP contribution >= 0.6 is 0 Å². The number of hydrogen-bond donors (Lipinski definition) is 3. The number of hydrazine groups is 1. The van der Waals surface area contributed by atoms with Crippen molar-refractivity contribution in [3.8, 4) is 0 Å². The highest BCUT2D eigenvalue weighted by molar-refractivity contribution is 5.94. The van der Waals surface area contributed by atoms with E-state index in [1.807, 2.05) is 0 Å². The molecule has 1 aliphatic heterocycles. The minimum Gasteiger partial charge on any atom is -0.368 e. The zero-order valence-corrected chi connectivity index (χ0v) is 5.91. The molecule has 0 aliphatic carbocycles. The van der Waals surface area contributed by atoms with Crippen LogP contribution in [0.15, 0.2) is 9.98 Å². The Labute approximate surface area is 66.7 Å². The fourth-order valence-corrected chi connectivity index (χ4v) is 0.703. The van der Waals surface area contributed by atoms with Crippen molar-refractivity contribution < 1.29 is 5.03 Å². The van der Waals surface area contributed by atoms with Crippen molar-refractivity contribution in [3.63, 3.8) is 0 Å². The van der Waals surface area contributed by atoms with E-state index in [9.17, 15) is 10.1 Å². The first kappa shape index (κ1) is 8.20. The quantitative estimate of drug-likeness (QED) is 0.291. The van der Waals surface area contributed by atoms with Crippen LogP contribution in [0.25, 0.3) is 0 Å². The Hall–Kier alpha value is -1.90. The number of aliphatic imine (C=N–C) groups is 2. The van der Waals surface area contributed by atoms with E-state index in [1.165, 1.54) is 0 Å². The van der Waals surface area contributed by atoms with Gasteiger partial charge in [-0.1, -0.05) is 0 Å². The SMILES string of the molecule is NC1=NC(N)N([N+](=O)[O-])C(N)=N1. The van der Waals surface area contributed by atoms with Crippen LogP contribution in [0.1, 0.15) is 0 Å². The second-order valence-electron chi connectivity index (χ2n) is 1.95. The predicted molar refractivity (Wildman–Crippen MR) is 40.1 cm³/mol. The molecule has 0 aromatic carbocycles. The molecular weight excluding hydrogens is 166 g/mol. The number of nitro groups is 1. The van der Waals surface area contributed by atoms with Gasteiger partial charge in [0.15, 0.2) is 5.03 Å². The topological polar surface area (TPSA) is 149 Å². The molecule has 0 bridgehead atoms. The van der Waals surface area contributed by atoms with Crippen molar-refractivity contribution in [3.05, 3.63) is 10.1 Å². The molecule has 0 amide bonds. The van der Waals surface area contributed by atoms with Crippen molar-refractivity contribution in [2.75, 3.05) is 0 Å². The monoisotopic (exact) mass is 173 g/mol. The average molecular weight is 173 g/mol. The van der Waals surface area contributed by atoms with E-state index in [-0.39, 0.29) is 11.9 Å². The number of hydrogen-bond acceptors (Lipinski definition) is 7. The largest absolute Gasteiger partial charge is 0.368 e. The van der Waals surface area contributed by atoms with Crippen molar-refractivity contribution in [2.24, 2.45) is 27.2 Å². The Balaban J connectivity index is 2.94. The zero-order chi connectivity index (χ0) is 9.30. The number of nitrogens with zero attached hydrogens (tertiary/aromatic N) is 4. The lowest BCUT2D eigenvalue weighted by molar-refractivity contribution is -0.638. The molecule has 1 rings (SSSR count). The normalized spacial score (nSPS) is 23.1. The van der Waals surface area contributed by atoms with Crippen LogP contribution in [-0.4, -0.2) is 28.3 Å². The van der Waals surface area contributed by atoms with Crippen LogP contribution in [0.2, 0.25) is 0 Å². The van der Waals surface area contributed by atoms with Crippen molar-refractivity contribution in [1.29, 1.82) is 0 Å². The molecule has 1 heterocycles. The lowest BCUT2D eigenvalue weighted by Gasteiger charge is -2.19. The molecule has 0 saturated heterocycles. The van der Waals surface area contributed by atoms with Gasteiger partial charge in [0.2, 0.25) is 12.2 Å². The second-order valence-corrected chi connectivity index (χ2v) is 1.95. The first-order chi connectivity index (χ1) is 5.52. The molecule has 66 valence electrons. The van der Waals surface area contributed by atoms with E-state index in [1.54, 1.807) is 0 Å². The maximum atomic E-state index is 10.3. The summed E-state index contributed by atoms with van der Waals surface area (Å²) in [5.41, 5.74) is 15.5. The van der Waals surface area contributed by atoms with Gasteiger partial charge in [0.25, 0.3) is 5.96 Å². The molecule has 6 N–H and O–H groups in total. The van der Waals surface area contributed by atoms with Crippen molar-refractivity contribution in [1.82, 2.24) is 5.01 Å². The third-order valence-electron chi connectivity index (χ3n) is 1.15. The van der Waals surface area contributed by atoms with Crippen LogP contribution in [0.5, 0.6) is 0 Å². The fraction of sp³-hybridized carbons (Fsp3) is 0.333. The molecule has 9 heteroatoms. The van der Waals surface area contributed by atoms with Gasteiger partial charge < -0.3 is 11.5 Å². The molecule has 0 spiro atoms. The van der Waals surface area contributed by atoms with Gasteiger partial charge in [0.05, 0.1) is 0 Å². The Bertz CT molecular complexity index is 270. The Morgan fingerprint density at radius 3 is 2.58 bits per heavy atom. The summed E-state index contributed by atoms with van der Waals surface area (Å²) in [6.45, 7) is 0. The van der Waals surface area contributed by atoms with E-state index < -0.39 is 11.3 Å². The van der Waals surface area contributed by atoms with Gasteiger partial charge in [0.1, 0.15) is 0 Å². The highest BCUT2D eigenvalue weighted by Gasteiger charge is 2.30. The van der Waals surface area contributed by atoms with E-state index in [0.29, 0.717) is 5.01 Å². The van der Waals surface area contributed by atoms with Crippen molar-refractivity contribution in [2.45, 2.75) is 6.29 Å². The molecule has 0 fully saturated rings. The molecule has 9 nitrogen and oxygen atoms in total. The van der Waals surface area contributed by atoms with Crippen molar-refractivity contribution >= 4 is 11.9 Å². The van der Waals surface area contributed by atoms with Crippen LogP contribution in [0.3, 0.4) is 0 Å². The Morgan fingerprint density at radius 2 is 2.17 bits per heavy atom. The van der Waals surface area contributed by atoms with Gasteiger partial charge in [-0.15, -0.1) is 0 Å². The minimum atomic E-state index is -1.21. The zero-order valence-electron chi connectivity index (χ0n) is 5.91. The number of guanidine groups is 2. The standard InChI is InChI=1S/C3H7N7O2/c4-1-7-2(5)9(10(11)12)3(6)8-1/h2H,5H2,(H4,4,6,7,8). The Morgan fingerprint density at radius 1 is 1.58 bits per heavy atom. The highest BCUT2D eigenvalue weighted by atomic mass is 16.7. The molecule has 0 aromatic rings. The maximum absolute atomic E-state index is 10.3. The molecule has 0 aromatic heterocycles. The second kappa shape index (κ2) is 2.62. The third-order valence-corrected chi connectivity index (χ3v) is 1.15. The molecule has 0 saturated carbocycles. The van der Waals surface area contributed by atoms with E-state index in [0.717, 1.165) is 0 Å². The van der Waals surface area contributed by atoms with Gasteiger partial charge >= 0.3 is 0 Å². The molecule has 1 aliphatic rings.